The smallest absolute Gasteiger partial charge is 0.408 e. The van der Waals surface area contributed by atoms with E-state index in [1.54, 1.807) is 20.8 Å². The Bertz CT molecular complexity index is 938. The van der Waals surface area contributed by atoms with Crippen molar-refractivity contribution in [2.75, 3.05) is 12.0 Å². The first-order chi connectivity index (χ1) is 15.9. The molecular formula is C20H29N5O7S2. The number of carboxylic acid groups (broad SMARTS) is 2. The first-order valence-electron chi connectivity index (χ1n) is 10.7. The number of aromatic nitrogens is 3. The van der Waals surface area contributed by atoms with Gasteiger partial charge >= 0.3 is 18.0 Å². The van der Waals surface area contributed by atoms with Crippen molar-refractivity contribution in [3.8, 4) is 0 Å². The average Bonchev–Trinajstić information content (AvgIpc) is 3.12. The summed E-state index contributed by atoms with van der Waals surface area (Å²) in [6.07, 6.45) is 2.79. The van der Waals surface area contributed by atoms with E-state index in [9.17, 15) is 29.4 Å². The molecule has 6 atom stereocenters. The Morgan fingerprint density at radius 3 is 2.56 bits per heavy atom. The van der Waals surface area contributed by atoms with Gasteiger partial charge < -0.3 is 25.6 Å². The van der Waals surface area contributed by atoms with Crippen LogP contribution in [0.15, 0.2) is 11.2 Å². The summed E-state index contributed by atoms with van der Waals surface area (Å²) in [5.41, 5.74) is -2.56. The van der Waals surface area contributed by atoms with Crippen LogP contribution in [0.1, 0.15) is 33.6 Å². The Labute approximate surface area is 204 Å². The van der Waals surface area contributed by atoms with Gasteiger partial charge in [0.15, 0.2) is 0 Å². The van der Waals surface area contributed by atoms with Crippen LogP contribution in [0.4, 0.5) is 4.79 Å². The fourth-order valence-electron chi connectivity index (χ4n) is 4.54. The van der Waals surface area contributed by atoms with Crippen LogP contribution in [0.2, 0.25) is 0 Å². The summed E-state index contributed by atoms with van der Waals surface area (Å²) in [4.78, 5) is 49.9. The molecule has 2 aliphatic carbocycles. The molecule has 0 aliphatic heterocycles. The summed E-state index contributed by atoms with van der Waals surface area (Å²) in [7, 11) is 0. The summed E-state index contributed by atoms with van der Waals surface area (Å²) in [5, 5.41) is 35.3. The Hall–Kier alpha value is -2.48. The number of carbonyl (C=O) groups excluding carboxylic acids is 2. The van der Waals surface area contributed by atoms with Gasteiger partial charge in [-0.15, -0.1) is 5.10 Å². The zero-order chi connectivity index (χ0) is 25.3. The Morgan fingerprint density at radius 1 is 1.32 bits per heavy atom. The molecule has 188 valence electrons. The topological polar surface area (TPSA) is 184 Å². The van der Waals surface area contributed by atoms with Gasteiger partial charge in [0.25, 0.3) is 0 Å². The molecule has 1 aromatic heterocycles. The molecule has 2 fully saturated rings. The summed E-state index contributed by atoms with van der Waals surface area (Å²) < 4.78 is 5.24. The molecule has 0 bridgehead atoms. The van der Waals surface area contributed by atoms with E-state index in [0.29, 0.717) is 10.8 Å². The number of alkyl carbamates (subject to hydrolysis) is 1. The predicted molar refractivity (Wildman–Crippen MR) is 123 cm³/mol. The summed E-state index contributed by atoms with van der Waals surface area (Å²) in [6.45, 7) is 5.06. The van der Waals surface area contributed by atoms with Crippen LogP contribution in [-0.2, 0) is 19.1 Å². The number of H-pyrrole nitrogens is 1. The second kappa shape index (κ2) is 10.0. The average molecular weight is 516 g/mol. The third-order valence-electron chi connectivity index (χ3n) is 5.89. The number of nitrogens with one attached hydrogen (secondary N) is 3. The minimum absolute atomic E-state index is 0.0202. The fourth-order valence-corrected chi connectivity index (χ4v) is 6.37. The number of amides is 2. The normalized spacial score (nSPS) is 28.5. The maximum absolute atomic E-state index is 13.2. The first kappa shape index (κ1) is 26.1. The van der Waals surface area contributed by atoms with Crippen LogP contribution in [-0.4, -0.2) is 84.0 Å². The van der Waals surface area contributed by atoms with E-state index in [1.807, 2.05) is 6.26 Å². The van der Waals surface area contributed by atoms with E-state index >= 15 is 0 Å². The first-order valence-corrected chi connectivity index (χ1v) is 13.0. The monoisotopic (exact) mass is 515 g/mol. The molecule has 0 saturated heterocycles. The maximum Gasteiger partial charge on any atom is 0.408 e. The molecule has 5 N–H and O–H groups in total. The Morgan fingerprint density at radius 2 is 2.03 bits per heavy atom. The molecule has 0 aromatic carbocycles. The lowest BCUT2D eigenvalue weighted by molar-refractivity contribution is -0.150. The van der Waals surface area contributed by atoms with E-state index in [-0.39, 0.29) is 12.8 Å². The van der Waals surface area contributed by atoms with Crippen LogP contribution in [0.5, 0.6) is 0 Å². The number of carboxylic acids is 2. The molecule has 0 radical (unpaired) electrons. The van der Waals surface area contributed by atoms with E-state index in [1.165, 1.54) is 29.7 Å². The zero-order valence-corrected chi connectivity index (χ0v) is 20.9. The standard InChI is InChI=1S/C20H29N5O7S2/c1-19(2,3)32-18(31)22-9(5-6-33-4)15(26)23-20(17(29)30)7-10(34-11-8-21-25-24-11)12-13(14(12)20)16(27)28/h8-10,12-14H,5-7H2,1-4H3,(H,22,31)(H,23,26)(H,27,28)(H,29,30)(H,21,24,25)/t9-,10+,12-,13-,14-,20-/m0/s1. The van der Waals surface area contributed by atoms with Gasteiger partial charge in [-0.2, -0.15) is 22.1 Å². The van der Waals surface area contributed by atoms with Crippen LogP contribution < -0.4 is 10.6 Å². The van der Waals surface area contributed by atoms with Gasteiger partial charge in [-0.1, -0.05) is 11.8 Å². The van der Waals surface area contributed by atoms with Crippen molar-refractivity contribution in [2.45, 2.75) is 61.1 Å². The number of nitrogens with zero attached hydrogens (tertiary/aromatic N) is 2. The van der Waals surface area contributed by atoms with Gasteiger partial charge in [-0.25, -0.2) is 9.59 Å². The molecule has 14 heteroatoms. The van der Waals surface area contributed by atoms with Crippen molar-refractivity contribution < 1.29 is 34.1 Å². The van der Waals surface area contributed by atoms with Crippen LogP contribution in [0.3, 0.4) is 0 Å². The number of aliphatic carboxylic acids is 2. The van der Waals surface area contributed by atoms with Gasteiger partial charge in [-0.05, 0) is 51.5 Å². The minimum Gasteiger partial charge on any atom is -0.481 e. The van der Waals surface area contributed by atoms with Crippen molar-refractivity contribution >= 4 is 47.5 Å². The number of ether oxygens (including phenoxy) is 1. The van der Waals surface area contributed by atoms with E-state index in [4.69, 9.17) is 4.74 Å². The summed E-state index contributed by atoms with van der Waals surface area (Å²) in [5.74, 6) is -4.70. The van der Waals surface area contributed by atoms with Gasteiger partial charge in [0.2, 0.25) is 5.91 Å². The molecule has 0 spiro atoms. The van der Waals surface area contributed by atoms with Gasteiger partial charge in [-0.3, -0.25) is 9.59 Å². The molecule has 2 saturated carbocycles. The Kier molecular flexibility index (Phi) is 7.70. The number of carbonyl (C=O) groups is 4. The Balaban J connectivity index is 1.82. The summed E-state index contributed by atoms with van der Waals surface area (Å²) in [6, 6.07) is -1.04. The highest BCUT2D eigenvalue weighted by Crippen LogP contribution is 2.66. The summed E-state index contributed by atoms with van der Waals surface area (Å²) >= 11 is 2.70. The van der Waals surface area contributed by atoms with Gasteiger partial charge in [0.1, 0.15) is 22.2 Å². The highest BCUT2D eigenvalue weighted by Gasteiger charge is 2.75. The van der Waals surface area contributed by atoms with Crippen molar-refractivity contribution in [2.24, 2.45) is 17.8 Å². The fraction of sp³-hybridized carbons (Fsp3) is 0.700. The lowest BCUT2D eigenvalue weighted by Gasteiger charge is -2.32. The predicted octanol–water partition coefficient (Wildman–Crippen LogP) is 1.20. The highest BCUT2D eigenvalue weighted by molar-refractivity contribution is 7.99. The number of aromatic amines is 1. The third kappa shape index (κ3) is 5.59. The van der Waals surface area contributed by atoms with E-state index in [0.717, 1.165) is 0 Å². The number of hydrogen-bond donors (Lipinski definition) is 5. The van der Waals surface area contributed by atoms with Gasteiger partial charge in [0.05, 0.1) is 12.1 Å². The van der Waals surface area contributed by atoms with Crippen LogP contribution in [0, 0.1) is 17.8 Å². The molecule has 1 aromatic rings. The molecule has 34 heavy (non-hydrogen) atoms. The van der Waals surface area contributed by atoms with E-state index < -0.39 is 64.1 Å². The van der Waals surface area contributed by atoms with Crippen LogP contribution >= 0.6 is 23.5 Å². The molecule has 12 nitrogen and oxygen atoms in total. The highest BCUT2D eigenvalue weighted by atomic mass is 32.2. The maximum atomic E-state index is 13.2. The minimum atomic E-state index is -1.78. The molecular weight excluding hydrogens is 486 g/mol. The number of thioether (sulfide) groups is 2. The zero-order valence-electron chi connectivity index (χ0n) is 19.2. The van der Waals surface area contributed by atoms with Crippen LogP contribution in [0.25, 0.3) is 0 Å². The SMILES string of the molecule is CSCC[C@H](NC(=O)OC(C)(C)C)C(=O)N[C@@]1(C(=O)O)C[C@@H](Sc2cn[nH]n2)[C@H]2[C@H](C(=O)O)[C@H]21. The lowest BCUT2D eigenvalue weighted by Crippen LogP contribution is -2.61. The molecule has 3 rings (SSSR count). The molecule has 0 unspecified atom stereocenters. The van der Waals surface area contributed by atoms with Crippen molar-refractivity contribution in [3.63, 3.8) is 0 Å². The molecule has 1 heterocycles. The van der Waals surface area contributed by atoms with E-state index in [2.05, 4.69) is 26.0 Å². The number of rotatable bonds is 10. The lowest BCUT2D eigenvalue weighted by atomic mass is 9.89. The second-order valence-electron chi connectivity index (χ2n) is 9.38. The number of fused-ring (bicyclic) bond motifs is 1. The van der Waals surface area contributed by atoms with Gasteiger partial charge in [0, 0.05) is 11.2 Å². The molecule has 2 amide bonds. The quantitative estimate of drug-likeness (QED) is 0.302. The van der Waals surface area contributed by atoms with Crippen molar-refractivity contribution in [1.29, 1.82) is 0 Å². The van der Waals surface area contributed by atoms with Crippen molar-refractivity contribution in [3.05, 3.63) is 6.20 Å². The van der Waals surface area contributed by atoms with Crippen molar-refractivity contribution in [1.82, 2.24) is 26.0 Å². The largest absolute Gasteiger partial charge is 0.481 e. The number of hydrogen-bond acceptors (Lipinski definition) is 9. The molecule has 2 aliphatic rings. The second-order valence-corrected chi connectivity index (χ2v) is 11.6. The third-order valence-corrected chi connectivity index (χ3v) is 7.76.